The topological polar surface area (TPSA) is 67.4 Å². The predicted octanol–water partition coefficient (Wildman–Crippen LogP) is 3.48. The molecule has 126 valence electrons. The number of nitrogens with one attached hydrogen (secondary N) is 2. The molecule has 5 heteroatoms. The van der Waals surface area contributed by atoms with E-state index < -0.39 is 0 Å². The molecule has 24 heavy (non-hydrogen) atoms. The highest BCUT2D eigenvalue weighted by Crippen LogP contribution is 2.21. The van der Waals surface area contributed by atoms with Gasteiger partial charge in [-0.3, -0.25) is 9.59 Å². The normalized spacial score (nSPS) is 10.1. The fourth-order valence-corrected chi connectivity index (χ4v) is 2.25. The lowest BCUT2D eigenvalue weighted by molar-refractivity contribution is 0.0954. The number of hydrogen-bond donors (Lipinski definition) is 2. The number of ether oxygens (including phenoxy) is 1. The first kappa shape index (κ1) is 17.5. The summed E-state index contributed by atoms with van der Waals surface area (Å²) < 4.78 is 5.49. The molecule has 2 aromatic rings. The maximum absolute atomic E-state index is 12.6. The number of carbonyl (C=O) groups is 2. The Morgan fingerprint density at radius 2 is 1.58 bits per heavy atom. The van der Waals surface area contributed by atoms with E-state index in [0.29, 0.717) is 35.7 Å². The van der Waals surface area contributed by atoms with Gasteiger partial charge in [-0.15, -0.1) is 0 Å². The van der Waals surface area contributed by atoms with Crippen molar-refractivity contribution in [1.82, 2.24) is 5.32 Å². The predicted molar refractivity (Wildman–Crippen MR) is 94.6 cm³/mol. The summed E-state index contributed by atoms with van der Waals surface area (Å²) in [5, 5.41) is 5.62. The molecule has 0 aliphatic carbocycles. The Bertz CT molecular complexity index is 713. The van der Waals surface area contributed by atoms with Gasteiger partial charge in [-0.25, -0.2) is 0 Å². The highest BCUT2D eigenvalue weighted by molar-refractivity contribution is 6.10. The molecular formula is C19H22N2O3. The van der Waals surface area contributed by atoms with Crippen molar-refractivity contribution >= 4 is 17.5 Å². The zero-order valence-electron chi connectivity index (χ0n) is 14.0. The van der Waals surface area contributed by atoms with Crippen LogP contribution in [0, 0.1) is 0 Å². The van der Waals surface area contributed by atoms with Crippen LogP contribution in [0.5, 0.6) is 5.75 Å². The molecule has 0 atom stereocenters. The summed E-state index contributed by atoms with van der Waals surface area (Å²) >= 11 is 0. The van der Waals surface area contributed by atoms with E-state index in [9.17, 15) is 9.59 Å². The number of rotatable bonds is 7. The molecule has 2 rings (SSSR count). The molecule has 0 saturated heterocycles. The fourth-order valence-electron chi connectivity index (χ4n) is 2.25. The molecule has 0 saturated carbocycles. The van der Waals surface area contributed by atoms with E-state index >= 15 is 0 Å². The number of amides is 2. The number of anilines is 1. The molecule has 0 bridgehead atoms. The van der Waals surface area contributed by atoms with Crippen LogP contribution in [-0.2, 0) is 0 Å². The fraction of sp³-hybridized carbons (Fsp3) is 0.263. The Hall–Kier alpha value is -2.82. The second-order valence-corrected chi connectivity index (χ2v) is 5.18. The smallest absolute Gasteiger partial charge is 0.259 e. The summed E-state index contributed by atoms with van der Waals surface area (Å²) in [7, 11) is 0. The maximum Gasteiger partial charge on any atom is 0.259 e. The Morgan fingerprint density at radius 1 is 0.917 bits per heavy atom. The zero-order chi connectivity index (χ0) is 17.4. The minimum absolute atomic E-state index is 0.203. The molecule has 2 amide bonds. The van der Waals surface area contributed by atoms with Crippen LogP contribution in [0.15, 0.2) is 48.5 Å². The van der Waals surface area contributed by atoms with Gasteiger partial charge >= 0.3 is 0 Å². The van der Waals surface area contributed by atoms with Gasteiger partial charge in [0.15, 0.2) is 0 Å². The first-order valence-corrected chi connectivity index (χ1v) is 8.07. The Morgan fingerprint density at radius 3 is 2.29 bits per heavy atom. The first-order valence-electron chi connectivity index (χ1n) is 8.07. The average Bonchev–Trinajstić information content (AvgIpc) is 2.61. The lowest BCUT2D eigenvalue weighted by atomic mass is 10.1. The summed E-state index contributed by atoms with van der Waals surface area (Å²) in [6, 6.07) is 14.0. The van der Waals surface area contributed by atoms with Crippen LogP contribution in [0.3, 0.4) is 0 Å². The van der Waals surface area contributed by atoms with Crippen molar-refractivity contribution in [2.75, 3.05) is 18.5 Å². The SMILES string of the molecule is CCCNC(=O)c1ccccc1NC(=O)c1ccccc1OCC. The second-order valence-electron chi connectivity index (χ2n) is 5.18. The van der Waals surface area contributed by atoms with Crippen molar-refractivity contribution in [2.24, 2.45) is 0 Å². The standard InChI is InChI=1S/C19H22N2O3/c1-3-13-20-18(22)14-9-5-7-11-16(14)21-19(23)15-10-6-8-12-17(15)24-4-2/h5-12H,3-4,13H2,1-2H3,(H,20,22)(H,21,23). The molecular weight excluding hydrogens is 304 g/mol. The first-order chi connectivity index (χ1) is 11.7. The van der Waals surface area contributed by atoms with Gasteiger partial charge < -0.3 is 15.4 Å². The van der Waals surface area contributed by atoms with E-state index in [-0.39, 0.29) is 11.8 Å². The van der Waals surface area contributed by atoms with Crippen molar-refractivity contribution < 1.29 is 14.3 Å². The van der Waals surface area contributed by atoms with Crippen LogP contribution >= 0.6 is 0 Å². The van der Waals surface area contributed by atoms with Gasteiger partial charge in [0.1, 0.15) is 5.75 Å². The van der Waals surface area contributed by atoms with Gasteiger partial charge in [-0.05, 0) is 37.6 Å². The number of para-hydroxylation sites is 2. The van der Waals surface area contributed by atoms with Gasteiger partial charge in [0, 0.05) is 6.54 Å². The quantitative estimate of drug-likeness (QED) is 0.818. The summed E-state index contributed by atoms with van der Waals surface area (Å²) in [4.78, 5) is 24.8. The summed E-state index contributed by atoms with van der Waals surface area (Å²) in [6.45, 7) is 4.91. The van der Waals surface area contributed by atoms with E-state index in [4.69, 9.17) is 4.74 Å². The van der Waals surface area contributed by atoms with Crippen molar-refractivity contribution in [3.05, 3.63) is 59.7 Å². The van der Waals surface area contributed by atoms with Crippen LogP contribution in [-0.4, -0.2) is 25.0 Å². The monoisotopic (exact) mass is 326 g/mol. The molecule has 5 nitrogen and oxygen atoms in total. The van der Waals surface area contributed by atoms with E-state index in [0.717, 1.165) is 6.42 Å². The average molecular weight is 326 g/mol. The van der Waals surface area contributed by atoms with Crippen molar-refractivity contribution in [1.29, 1.82) is 0 Å². The Kier molecular flexibility index (Phi) is 6.37. The molecule has 0 radical (unpaired) electrons. The van der Waals surface area contributed by atoms with Crippen molar-refractivity contribution in [2.45, 2.75) is 20.3 Å². The van der Waals surface area contributed by atoms with Crippen LogP contribution in [0.25, 0.3) is 0 Å². The molecule has 0 aromatic heterocycles. The minimum atomic E-state index is -0.310. The molecule has 0 unspecified atom stereocenters. The van der Waals surface area contributed by atoms with Gasteiger partial charge in [0.25, 0.3) is 11.8 Å². The molecule has 2 N–H and O–H groups in total. The third kappa shape index (κ3) is 4.35. The van der Waals surface area contributed by atoms with E-state index in [1.165, 1.54) is 0 Å². The zero-order valence-corrected chi connectivity index (χ0v) is 14.0. The van der Waals surface area contributed by atoms with Gasteiger partial charge in [-0.1, -0.05) is 31.2 Å². The molecule has 0 aliphatic rings. The summed E-state index contributed by atoms with van der Waals surface area (Å²) in [5.41, 5.74) is 1.35. The van der Waals surface area contributed by atoms with Crippen molar-refractivity contribution in [3.8, 4) is 5.75 Å². The van der Waals surface area contributed by atoms with Crippen LogP contribution < -0.4 is 15.4 Å². The highest BCUT2D eigenvalue weighted by Gasteiger charge is 2.16. The van der Waals surface area contributed by atoms with Crippen molar-refractivity contribution in [3.63, 3.8) is 0 Å². The third-order valence-electron chi connectivity index (χ3n) is 3.39. The lowest BCUT2D eigenvalue weighted by Crippen LogP contribution is -2.25. The lowest BCUT2D eigenvalue weighted by Gasteiger charge is -2.13. The van der Waals surface area contributed by atoms with E-state index in [1.807, 2.05) is 19.9 Å². The molecule has 0 aliphatic heterocycles. The third-order valence-corrected chi connectivity index (χ3v) is 3.39. The number of hydrogen-bond acceptors (Lipinski definition) is 3. The molecule has 2 aromatic carbocycles. The van der Waals surface area contributed by atoms with Crippen LogP contribution in [0.4, 0.5) is 5.69 Å². The van der Waals surface area contributed by atoms with Crippen LogP contribution in [0.1, 0.15) is 41.0 Å². The Balaban J connectivity index is 2.22. The molecule has 0 heterocycles. The van der Waals surface area contributed by atoms with Gasteiger partial charge in [0.05, 0.1) is 23.4 Å². The number of benzene rings is 2. The highest BCUT2D eigenvalue weighted by atomic mass is 16.5. The summed E-state index contributed by atoms with van der Waals surface area (Å²) in [5.74, 6) is 0.00560. The minimum Gasteiger partial charge on any atom is -0.493 e. The molecule has 0 spiro atoms. The van der Waals surface area contributed by atoms with Gasteiger partial charge in [-0.2, -0.15) is 0 Å². The van der Waals surface area contributed by atoms with Crippen LogP contribution in [0.2, 0.25) is 0 Å². The van der Waals surface area contributed by atoms with E-state index in [2.05, 4.69) is 10.6 Å². The van der Waals surface area contributed by atoms with Gasteiger partial charge in [0.2, 0.25) is 0 Å². The largest absolute Gasteiger partial charge is 0.493 e. The maximum atomic E-state index is 12.6. The summed E-state index contributed by atoms with van der Waals surface area (Å²) in [6.07, 6.45) is 0.849. The Labute approximate surface area is 142 Å². The number of carbonyl (C=O) groups excluding carboxylic acids is 2. The molecule has 0 fully saturated rings. The van der Waals surface area contributed by atoms with E-state index in [1.54, 1.807) is 42.5 Å². The second kappa shape index (κ2) is 8.72.